The average Bonchev–Trinajstić information content (AvgIpc) is 2.35. The minimum Gasteiger partial charge on any atom is -0.504 e. The second-order valence-electron chi connectivity index (χ2n) is 3.61. The van der Waals surface area contributed by atoms with Crippen LogP contribution in [0.2, 0.25) is 0 Å². The number of phenols is 1. The highest BCUT2D eigenvalue weighted by Crippen LogP contribution is 2.40. The largest absolute Gasteiger partial charge is 0.504 e. The number of hydrogen-bond acceptors (Lipinski definition) is 5. The molecule has 5 heteroatoms. The van der Waals surface area contributed by atoms with Gasteiger partial charge in [0, 0.05) is 18.6 Å². The minimum atomic E-state index is -0.399. The van der Waals surface area contributed by atoms with Crippen LogP contribution in [0.5, 0.6) is 23.0 Å². The molecule has 0 aliphatic heterocycles. The van der Waals surface area contributed by atoms with Crippen molar-refractivity contribution in [3.05, 3.63) is 19.1 Å². The van der Waals surface area contributed by atoms with Gasteiger partial charge in [-0.2, -0.15) is 0 Å². The fraction of sp³-hybridized carbons (Fsp3) is 0.385. The Morgan fingerprint density at radius 2 is 2.06 bits per heavy atom. The molecule has 0 aliphatic rings. The maximum absolute atomic E-state index is 11.5. The second kappa shape index (κ2) is 6.74. The van der Waals surface area contributed by atoms with Gasteiger partial charge in [-0.3, -0.25) is 4.79 Å². The summed E-state index contributed by atoms with van der Waals surface area (Å²) >= 11 is 0. The highest BCUT2D eigenvalue weighted by molar-refractivity contribution is 5.74. The zero-order valence-electron chi connectivity index (χ0n) is 10.6. The van der Waals surface area contributed by atoms with E-state index in [0.29, 0.717) is 18.6 Å². The third-order valence-corrected chi connectivity index (χ3v) is 2.30. The monoisotopic (exact) mass is 253 g/mol. The number of aromatic hydroxyl groups is 1. The summed E-state index contributed by atoms with van der Waals surface area (Å²) in [6, 6.07) is 2.87. The molecule has 0 bridgehead atoms. The summed E-state index contributed by atoms with van der Waals surface area (Å²) in [5, 5.41) is 9.69. The van der Waals surface area contributed by atoms with Crippen molar-refractivity contribution < 1.29 is 24.1 Å². The van der Waals surface area contributed by atoms with Crippen LogP contribution in [0.1, 0.15) is 19.3 Å². The van der Waals surface area contributed by atoms with Crippen molar-refractivity contribution in [1.82, 2.24) is 0 Å². The molecule has 0 atom stereocenters. The molecule has 0 aliphatic carbocycles. The number of benzene rings is 1. The van der Waals surface area contributed by atoms with Gasteiger partial charge >= 0.3 is 5.97 Å². The number of rotatable bonds is 6. The quantitative estimate of drug-likeness (QED) is 0.622. The van der Waals surface area contributed by atoms with Gasteiger partial charge in [0.25, 0.3) is 0 Å². The Bertz CT molecular complexity index is 414. The van der Waals surface area contributed by atoms with Crippen molar-refractivity contribution in [2.75, 3.05) is 14.2 Å². The zero-order valence-corrected chi connectivity index (χ0v) is 10.6. The van der Waals surface area contributed by atoms with Gasteiger partial charge in [-0.25, -0.2) is 0 Å². The molecule has 5 nitrogen and oxygen atoms in total. The average molecular weight is 253 g/mol. The lowest BCUT2D eigenvalue weighted by atomic mass is 10.2. The van der Waals surface area contributed by atoms with E-state index >= 15 is 0 Å². The fourth-order valence-electron chi connectivity index (χ4n) is 1.40. The number of unbranched alkanes of at least 4 members (excludes halogenated alkanes) is 1. The second-order valence-corrected chi connectivity index (χ2v) is 3.61. The molecule has 1 aromatic rings. The first-order valence-electron chi connectivity index (χ1n) is 5.57. The van der Waals surface area contributed by atoms with Gasteiger partial charge < -0.3 is 19.3 Å². The predicted octanol–water partition coefficient (Wildman–Crippen LogP) is 2.32. The number of hydrogen-bond donors (Lipinski definition) is 1. The molecule has 0 saturated carbocycles. The highest BCUT2D eigenvalue weighted by atomic mass is 16.6. The number of phenolic OH excluding ortho intramolecular Hbond substituents is 1. The molecule has 0 unspecified atom stereocenters. The van der Waals surface area contributed by atoms with Crippen molar-refractivity contribution in [1.29, 1.82) is 0 Å². The summed E-state index contributed by atoms with van der Waals surface area (Å²) < 4.78 is 15.1. The number of ether oxygens (including phenoxy) is 3. The number of methoxy groups -OCH3 is 2. The van der Waals surface area contributed by atoms with E-state index in [0.717, 1.165) is 0 Å². The maximum atomic E-state index is 11.5. The standard InChI is InChI=1S/C13H17O5/c1-4-5-6-12(15)18-11-8-9(16-2)7-10(14)13(11)17-3/h7-8,14H,1,4-6H2,2-3H3. The van der Waals surface area contributed by atoms with Crippen LogP contribution in [0, 0.1) is 6.92 Å². The van der Waals surface area contributed by atoms with Crippen LogP contribution >= 0.6 is 0 Å². The molecule has 0 aromatic heterocycles. The molecule has 0 spiro atoms. The van der Waals surface area contributed by atoms with Crippen LogP contribution in [0.4, 0.5) is 0 Å². The van der Waals surface area contributed by atoms with Gasteiger partial charge in [0.05, 0.1) is 14.2 Å². The molecule has 1 rings (SSSR count). The number of carbonyl (C=O) groups is 1. The summed E-state index contributed by atoms with van der Waals surface area (Å²) in [5.74, 6) is 0.0943. The molecule has 1 N–H and O–H groups in total. The Labute approximate surface area is 106 Å². The van der Waals surface area contributed by atoms with E-state index in [1.807, 2.05) is 0 Å². The predicted molar refractivity (Wildman–Crippen MR) is 66.1 cm³/mol. The molecule has 0 heterocycles. The number of esters is 1. The van der Waals surface area contributed by atoms with Gasteiger partial charge in [-0.15, -0.1) is 0 Å². The van der Waals surface area contributed by atoms with Crippen LogP contribution in [-0.2, 0) is 4.79 Å². The topological polar surface area (TPSA) is 65.0 Å². The van der Waals surface area contributed by atoms with E-state index in [2.05, 4.69) is 6.92 Å². The van der Waals surface area contributed by atoms with E-state index in [9.17, 15) is 9.90 Å². The molecular formula is C13H17O5. The Morgan fingerprint density at radius 1 is 1.33 bits per heavy atom. The van der Waals surface area contributed by atoms with Crippen LogP contribution < -0.4 is 14.2 Å². The first-order chi connectivity index (χ1) is 8.62. The van der Waals surface area contributed by atoms with E-state index in [-0.39, 0.29) is 23.7 Å². The Kier molecular flexibility index (Phi) is 5.30. The van der Waals surface area contributed by atoms with Crippen molar-refractivity contribution >= 4 is 5.97 Å². The third kappa shape index (κ3) is 3.55. The van der Waals surface area contributed by atoms with Gasteiger partial charge in [-0.05, 0) is 6.42 Å². The van der Waals surface area contributed by atoms with Gasteiger partial charge in [0.1, 0.15) is 5.75 Å². The van der Waals surface area contributed by atoms with Crippen LogP contribution in [0.3, 0.4) is 0 Å². The summed E-state index contributed by atoms with van der Waals surface area (Å²) in [5.41, 5.74) is 0. The Morgan fingerprint density at radius 3 is 2.61 bits per heavy atom. The lowest BCUT2D eigenvalue weighted by molar-refractivity contribution is -0.134. The van der Waals surface area contributed by atoms with Crippen LogP contribution in [-0.4, -0.2) is 25.3 Å². The summed E-state index contributed by atoms with van der Waals surface area (Å²) in [6.45, 7) is 3.65. The fourth-order valence-corrected chi connectivity index (χ4v) is 1.40. The molecular weight excluding hydrogens is 236 g/mol. The van der Waals surface area contributed by atoms with Gasteiger partial charge in [0.2, 0.25) is 5.75 Å². The van der Waals surface area contributed by atoms with Gasteiger partial charge in [-0.1, -0.05) is 13.3 Å². The lowest BCUT2D eigenvalue weighted by Gasteiger charge is -2.12. The molecule has 0 fully saturated rings. The van der Waals surface area contributed by atoms with Crippen LogP contribution in [0.25, 0.3) is 0 Å². The summed E-state index contributed by atoms with van der Waals surface area (Å²) in [4.78, 5) is 11.5. The Hall–Kier alpha value is -1.91. The van der Waals surface area contributed by atoms with E-state index in [4.69, 9.17) is 14.2 Å². The number of carbonyl (C=O) groups excluding carboxylic acids is 1. The van der Waals surface area contributed by atoms with Gasteiger partial charge in [0.15, 0.2) is 11.5 Å². The van der Waals surface area contributed by atoms with E-state index in [1.54, 1.807) is 0 Å². The molecule has 0 saturated heterocycles. The molecule has 1 radical (unpaired) electrons. The molecule has 1 aromatic carbocycles. The van der Waals surface area contributed by atoms with Crippen molar-refractivity contribution in [2.24, 2.45) is 0 Å². The zero-order chi connectivity index (χ0) is 13.5. The van der Waals surface area contributed by atoms with E-state index < -0.39 is 5.97 Å². The minimum absolute atomic E-state index is 0.110. The smallest absolute Gasteiger partial charge is 0.311 e. The first-order valence-corrected chi connectivity index (χ1v) is 5.57. The molecule has 0 amide bonds. The summed E-state index contributed by atoms with van der Waals surface area (Å²) in [7, 11) is 2.84. The third-order valence-electron chi connectivity index (χ3n) is 2.30. The van der Waals surface area contributed by atoms with E-state index in [1.165, 1.54) is 26.4 Å². The SMILES string of the molecule is [CH2]CCCC(=O)Oc1cc(OC)cc(O)c1OC. The highest BCUT2D eigenvalue weighted by Gasteiger charge is 2.15. The first kappa shape index (κ1) is 14.2. The summed E-state index contributed by atoms with van der Waals surface area (Å²) in [6.07, 6.45) is 1.58. The van der Waals surface area contributed by atoms with Crippen molar-refractivity contribution in [2.45, 2.75) is 19.3 Å². The van der Waals surface area contributed by atoms with Crippen LogP contribution in [0.15, 0.2) is 12.1 Å². The normalized spacial score (nSPS) is 9.94. The Balaban J connectivity index is 2.91. The lowest BCUT2D eigenvalue weighted by Crippen LogP contribution is -2.08. The van der Waals surface area contributed by atoms with Crippen molar-refractivity contribution in [3.63, 3.8) is 0 Å². The van der Waals surface area contributed by atoms with Crippen molar-refractivity contribution in [3.8, 4) is 23.0 Å². The maximum Gasteiger partial charge on any atom is 0.311 e. The molecule has 18 heavy (non-hydrogen) atoms. The molecule has 99 valence electrons.